The highest BCUT2D eigenvalue weighted by Crippen LogP contribution is 2.23. The van der Waals surface area contributed by atoms with Crippen molar-refractivity contribution in [3.63, 3.8) is 0 Å². The van der Waals surface area contributed by atoms with Crippen molar-refractivity contribution in [1.82, 2.24) is 19.7 Å². The molecule has 0 fully saturated rings. The Hall–Kier alpha value is -1.80. The molecule has 0 N–H and O–H groups in total. The molecule has 7 nitrogen and oxygen atoms in total. The summed E-state index contributed by atoms with van der Waals surface area (Å²) in [6, 6.07) is 0. The van der Waals surface area contributed by atoms with Crippen molar-refractivity contribution >= 4 is 35.2 Å². The molecular weight excluding hydrogens is 268 g/mol. The van der Waals surface area contributed by atoms with Crippen LogP contribution in [0.1, 0.15) is 20.3 Å². The maximum Gasteiger partial charge on any atom is 0.377 e. The lowest BCUT2D eigenvalue weighted by molar-refractivity contribution is 0.0587. The lowest BCUT2D eigenvalue weighted by Gasteiger charge is -1.91. The van der Waals surface area contributed by atoms with Crippen LogP contribution in [-0.2, 0) is 4.74 Å². The molecule has 0 bridgehead atoms. The summed E-state index contributed by atoms with van der Waals surface area (Å²) in [5, 5.41) is 4.28. The molecule has 0 spiro atoms. The summed E-state index contributed by atoms with van der Waals surface area (Å²) < 4.78 is 5.70. The average Bonchev–Trinajstić information content (AvgIpc) is 2.94. The van der Waals surface area contributed by atoms with Crippen LogP contribution in [0.25, 0.3) is 5.13 Å². The topological polar surface area (TPSA) is 87.0 Å². The van der Waals surface area contributed by atoms with Gasteiger partial charge in [-0.15, -0.1) is 5.10 Å². The summed E-state index contributed by atoms with van der Waals surface area (Å²) in [4.78, 5) is 29.7. The van der Waals surface area contributed by atoms with E-state index in [0.29, 0.717) is 11.4 Å². The quantitative estimate of drug-likeness (QED) is 0.611. The molecule has 9 heteroatoms. The summed E-state index contributed by atoms with van der Waals surface area (Å²) in [7, 11) is 1.23. The van der Waals surface area contributed by atoms with E-state index in [1.165, 1.54) is 18.1 Å². The van der Waals surface area contributed by atoms with Gasteiger partial charge in [0.1, 0.15) is 11.2 Å². The summed E-state index contributed by atoms with van der Waals surface area (Å²) in [6.07, 6.45) is 1.89. The number of aromatic nitrogens is 4. The van der Waals surface area contributed by atoms with E-state index in [-0.39, 0.29) is 15.9 Å². The highest BCUT2D eigenvalue weighted by molar-refractivity contribution is 7.16. The number of aldehydes is 1. The molecule has 0 amide bonds. The van der Waals surface area contributed by atoms with Crippen molar-refractivity contribution in [2.24, 2.45) is 0 Å². The van der Waals surface area contributed by atoms with Gasteiger partial charge in [0, 0.05) is 0 Å². The van der Waals surface area contributed by atoms with Gasteiger partial charge < -0.3 is 4.74 Å². The van der Waals surface area contributed by atoms with Gasteiger partial charge in [-0.3, -0.25) is 4.79 Å². The Morgan fingerprint density at radius 2 is 2.41 bits per heavy atom. The molecule has 0 aliphatic carbocycles. The predicted octanol–water partition coefficient (Wildman–Crippen LogP) is 0.976. The van der Waals surface area contributed by atoms with E-state index in [9.17, 15) is 9.59 Å². The number of nitrogens with zero attached hydrogens (tertiary/aromatic N) is 4. The van der Waals surface area contributed by atoms with Gasteiger partial charge in [0.15, 0.2) is 11.4 Å². The number of carbonyl (C=O) groups is 2. The summed E-state index contributed by atoms with van der Waals surface area (Å²) in [5.41, 5.74) is 0. The van der Waals surface area contributed by atoms with Crippen LogP contribution in [0.4, 0.5) is 0 Å². The smallest absolute Gasteiger partial charge is 0.377 e. The van der Waals surface area contributed by atoms with Gasteiger partial charge in [-0.25, -0.2) is 14.8 Å². The van der Waals surface area contributed by atoms with E-state index < -0.39 is 5.97 Å². The zero-order chi connectivity index (χ0) is 12.4. The van der Waals surface area contributed by atoms with Crippen LogP contribution in [0.15, 0.2) is 6.33 Å². The first-order valence-electron chi connectivity index (χ1n) is 4.27. The number of esters is 1. The van der Waals surface area contributed by atoms with E-state index >= 15 is 0 Å². The van der Waals surface area contributed by atoms with Crippen molar-refractivity contribution in [2.75, 3.05) is 7.11 Å². The molecule has 88 valence electrons. The molecular formula is C8H5ClN4O3S. The molecule has 17 heavy (non-hydrogen) atoms. The van der Waals surface area contributed by atoms with Crippen molar-refractivity contribution < 1.29 is 14.3 Å². The molecule has 0 aliphatic rings. The fourth-order valence-corrected chi connectivity index (χ4v) is 2.00. The zero-order valence-corrected chi connectivity index (χ0v) is 10.0. The summed E-state index contributed by atoms with van der Waals surface area (Å²) in [5.74, 6) is -0.742. The number of thiazole rings is 1. The molecule has 2 aromatic heterocycles. The van der Waals surface area contributed by atoms with Crippen LogP contribution < -0.4 is 0 Å². The molecule has 0 saturated heterocycles. The lowest BCUT2D eigenvalue weighted by atomic mass is 10.6. The Morgan fingerprint density at radius 3 is 3.00 bits per heavy atom. The number of rotatable bonds is 3. The maximum atomic E-state index is 11.1. The van der Waals surface area contributed by atoms with Crippen molar-refractivity contribution in [3.05, 3.63) is 22.2 Å². The van der Waals surface area contributed by atoms with Crippen LogP contribution in [0.5, 0.6) is 0 Å². The van der Waals surface area contributed by atoms with E-state index in [0.717, 1.165) is 11.3 Å². The van der Waals surface area contributed by atoms with E-state index in [4.69, 9.17) is 11.6 Å². The largest absolute Gasteiger partial charge is 0.463 e. The first-order chi connectivity index (χ1) is 8.15. The number of carbonyl (C=O) groups excluding carboxylic acids is 2. The van der Waals surface area contributed by atoms with Crippen LogP contribution >= 0.6 is 22.9 Å². The Kier molecular flexibility index (Phi) is 3.16. The molecule has 0 aromatic carbocycles. The first kappa shape index (κ1) is 11.7. The third-order valence-electron chi connectivity index (χ3n) is 1.76. The van der Waals surface area contributed by atoms with Gasteiger partial charge in [-0.2, -0.15) is 4.68 Å². The predicted molar refractivity (Wildman–Crippen MR) is 58.8 cm³/mol. The second-order valence-corrected chi connectivity index (χ2v) is 4.14. The minimum absolute atomic E-state index is 0.0912. The van der Waals surface area contributed by atoms with Gasteiger partial charge in [0.25, 0.3) is 5.82 Å². The average molecular weight is 273 g/mol. The Morgan fingerprint density at radius 1 is 1.65 bits per heavy atom. The maximum absolute atomic E-state index is 11.1. The van der Waals surface area contributed by atoms with Crippen LogP contribution in [-0.4, -0.2) is 39.1 Å². The third-order valence-corrected chi connectivity index (χ3v) is 3.13. The van der Waals surface area contributed by atoms with Crippen LogP contribution in [0.3, 0.4) is 0 Å². The number of hydrogen-bond donors (Lipinski definition) is 0. The Balaban J connectivity index is 2.36. The van der Waals surface area contributed by atoms with Crippen molar-refractivity contribution in [2.45, 2.75) is 0 Å². The van der Waals surface area contributed by atoms with Gasteiger partial charge in [0.2, 0.25) is 5.13 Å². The molecule has 2 rings (SSSR count). The van der Waals surface area contributed by atoms with Crippen molar-refractivity contribution in [3.8, 4) is 5.13 Å². The third kappa shape index (κ3) is 2.17. The fourth-order valence-electron chi connectivity index (χ4n) is 1.01. The minimum atomic E-state index is -0.651. The summed E-state index contributed by atoms with van der Waals surface area (Å²) in [6.45, 7) is 0. The number of methoxy groups -OCH3 is 1. The molecule has 2 aromatic rings. The standard InChI is InChI=1S/C8H5ClN4O3S/c1-16-7(15)6-10-3-13(12-6)8-11-5(9)4(2-14)17-8/h2-3H,1H3. The molecule has 0 radical (unpaired) electrons. The number of hydrogen-bond acceptors (Lipinski definition) is 7. The molecule has 2 heterocycles. The normalized spacial score (nSPS) is 10.2. The minimum Gasteiger partial charge on any atom is -0.463 e. The highest BCUT2D eigenvalue weighted by atomic mass is 35.5. The second kappa shape index (κ2) is 4.60. The van der Waals surface area contributed by atoms with Gasteiger partial charge in [-0.05, 0) is 0 Å². The van der Waals surface area contributed by atoms with Crippen molar-refractivity contribution in [1.29, 1.82) is 0 Å². The summed E-state index contributed by atoms with van der Waals surface area (Å²) >= 11 is 6.75. The Bertz CT molecular complexity index is 579. The Labute approximate surface area is 104 Å². The van der Waals surface area contributed by atoms with Crippen LogP contribution in [0.2, 0.25) is 5.15 Å². The van der Waals surface area contributed by atoms with E-state index in [1.54, 1.807) is 0 Å². The second-order valence-electron chi connectivity index (χ2n) is 2.77. The molecule has 0 unspecified atom stereocenters. The zero-order valence-electron chi connectivity index (χ0n) is 8.45. The molecule has 0 aliphatic heterocycles. The van der Waals surface area contributed by atoms with E-state index in [2.05, 4.69) is 19.8 Å². The number of ether oxygens (including phenoxy) is 1. The van der Waals surface area contributed by atoms with Crippen LogP contribution in [0, 0.1) is 0 Å². The monoisotopic (exact) mass is 272 g/mol. The molecule has 0 atom stereocenters. The van der Waals surface area contributed by atoms with E-state index in [1.807, 2.05) is 0 Å². The highest BCUT2D eigenvalue weighted by Gasteiger charge is 2.15. The first-order valence-corrected chi connectivity index (χ1v) is 5.47. The van der Waals surface area contributed by atoms with Gasteiger partial charge in [0.05, 0.1) is 7.11 Å². The van der Waals surface area contributed by atoms with Gasteiger partial charge in [-0.1, -0.05) is 22.9 Å². The SMILES string of the molecule is COC(=O)c1ncn(-c2nc(Cl)c(C=O)s2)n1. The van der Waals surface area contributed by atoms with Gasteiger partial charge >= 0.3 is 5.97 Å². The lowest BCUT2D eigenvalue weighted by Crippen LogP contribution is -2.05. The molecule has 0 saturated carbocycles. The fraction of sp³-hybridized carbons (Fsp3) is 0.125. The number of halogens is 1.